The van der Waals surface area contributed by atoms with Crippen LogP contribution in [-0.4, -0.2) is 38.3 Å². The lowest BCUT2D eigenvalue weighted by molar-refractivity contribution is -0.124. The molecule has 1 heterocycles. The summed E-state index contributed by atoms with van der Waals surface area (Å²) in [6.07, 6.45) is 0.927. The van der Waals surface area contributed by atoms with E-state index < -0.39 is 0 Å². The van der Waals surface area contributed by atoms with E-state index in [1.807, 2.05) is 26.0 Å². The molecule has 0 saturated carbocycles. The second-order valence-electron chi connectivity index (χ2n) is 5.18. The summed E-state index contributed by atoms with van der Waals surface area (Å²) in [5, 5.41) is 2.94. The van der Waals surface area contributed by atoms with Crippen molar-refractivity contribution in [2.75, 3.05) is 36.9 Å². The molecule has 0 spiro atoms. The minimum atomic E-state index is -0.281. The molecule has 20 heavy (non-hydrogen) atoms. The zero-order valence-corrected chi connectivity index (χ0v) is 12.2. The first kappa shape index (κ1) is 14.7. The Morgan fingerprint density at radius 1 is 1.50 bits per heavy atom. The Kier molecular flexibility index (Phi) is 4.84. The van der Waals surface area contributed by atoms with Gasteiger partial charge >= 0.3 is 0 Å². The summed E-state index contributed by atoms with van der Waals surface area (Å²) >= 11 is 0. The zero-order valence-electron chi connectivity index (χ0n) is 12.2. The third-order valence-electron chi connectivity index (χ3n) is 3.40. The molecule has 1 amide bonds. The average molecular weight is 277 g/mol. The number of benzene rings is 1. The number of nitrogens with zero attached hydrogens (tertiary/aromatic N) is 1. The van der Waals surface area contributed by atoms with Gasteiger partial charge in [0.25, 0.3) is 0 Å². The van der Waals surface area contributed by atoms with Crippen molar-refractivity contribution in [3.8, 4) is 0 Å². The van der Waals surface area contributed by atoms with Crippen LogP contribution in [0.5, 0.6) is 0 Å². The number of anilines is 2. The first-order valence-electron chi connectivity index (χ1n) is 7.11. The van der Waals surface area contributed by atoms with E-state index in [2.05, 4.69) is 16.3 Å². The van der Waals surface area contributed by atoms with Crippen LogP contribution in [0.4, 0.5) is 11.4 Å². The number of carbonyl (C=O) groups is 1. The van der Waals surface area contributed by atoms with Gasteiger partial charge in [0, 0.05) is 24.5 Å². The Morgan fingerprint density at radius 2 is 2.30 bits per heavy atom. The van der Waals surface area contributed by atoms with Crippen LogP contribution in [0.3, 0.4) is 0 Å². The summed E-state index contributed by atoms with van der Waals surface area (Å²) in [7, 11) is 0. The van der Waals surface area contributed by atoms with Gasteiger partial charge in [0.05, 0.1) is 13.2 Å². The van der Waals surface area contributed by atoms with Crippen molar-refractivity contribution in [2.24, 2.45) is 0 Å². The van der Waals surface area contributed by atoms with Gasteiger partial charge in [-0.15, -0.1) is 0 Å². The lowest BCUT2D eigenvalue weighted by atomic mass is 10.1. The molecule has 1 aliphatic rings. The first-order chi connectivity index (χ1) is 9.61. The van der Waals surface area contributed by atoms with Crippen molar-refractivity contribution < 1.29 is 9.53 Å². The fraction of sp³-hybridized carbons (Fsp3) is 0.533. The molecule has 5 nitrogen and oxygen atoms in total. The molecular formula is C15H23N3O2. The van der Waals surface area contributed by atoms with Crippen molar-refractivity contribution in [1.29, 1.82) is 0 Å². The van der Waals surface area contributed by atoms with Crippen molar-refractivity contribution in [3.63, 3.8) is 0 Å². The number of amides is 1. The fourth-order valence-electron chi connectivity index (χ4n) is 2.45. The van der Waals surface area contributed by atoms with Crippen LogP contribution in [0.15, 0.2) is 18.2 Å². The molecule has 0 radical (unpaired) electrons. The normalized spacial score (nSPS) is 18.9. The molecule has 110 valence electrons. The number of hydrogen-bond acceptors (Lipinski definition) is 4. The molecule has 1 unspecified atom stereocenters. The van der Waals surface area contributed by atoms with E-state index in [1.165, 1.54) is 0 Å². The summed E-state index contributed by atoms with van der Waals surface area (Å²) in [5.74, 6) is 0.0200. The minimum absolute atomic E-state index is 0.0200. The molecule has 0 bridgehead atoms. The van der Waals surface area contributed by atoms with E-state index in [0.29, 0.717) is 26.3 Å². The van der Waals surface area contributed by atoms with Crippen molar-refractivity contribution in [1.82, 2.24) is 5.32 Å². The minimum Gasteiger partial charge on any atom is -0.399 e. The Bertz CT molecular complexity index is 456. The molecule has 5 heteroatoms. The third-order valence-corrected chi connectivity index (χ3v) is 3.40. The number of nitrogens with two attached hydrogens (primary N) is 1. The van der Waals surface area contributed by atoms with E-state index in [1.54, 1.807) is 0 Å². The van der Waals surface area contributed by atoms with Gasteiger partial charge in [0.2, 0.25) is 5.91 Å². The Hall–Kier alpha value is -1.75. The van der Waals surface area contributed by atoms with Crippen LogP contribution in [0.25, 0.3) is 0 Å². The molecule has 1 atom stereocenters. The molecule has 1 aromatic rings. The maximum atomic E-state index is 12.2. The maximum absolute atomic E-state index is 12.2. The number of rotatable bonds is 4. The van der Waals surface area contributed by atoms with Gasteiger partial charge in [0.1, 0.15) is 6.04 Å². The number of ether oxygens (including phenoxy) is 1. The van der Waals surface area contributed by atoms with Gasteiger partial charge in [-0.3, -0.25) is 4.79 Å². The Balaban J connectivity index is 2.19. The molecule has 0 aromatic heterocycles. The highest BCUT2D eigenvalue weighted by molar-refractivity contribution is 5.86. The highest BCUT2D eigenvalue weighted by Crippen LogP contribution is 2.24. The summed E-state index contributed by atoms with van der Waals surface area (Å²) in [6, 6.07) is 5.62. The van der Waals surface area contributed by atoms with E-state index in [-0.39, 0.29) is 11.9 Å². The third kappa shape index (κ3) is 3.42. The summed E-state index contributed by atoms with van der Waals surface area (Å²) < 4.78 is 5.46. The molecule has 1 fully saturated rings. The van der Waals surface area contributed by atoms with Crippen molar-refractivity contribution in [2.45, 2.75) is 26.3 Å². The quantitative estimate of drug-likeness (QED) is 0.814. The SMILES string of the molecule is CCCNC(=O)C1COCCN1c1cc(C)cc(N)c1. The summed E-state index contributed by atoms with van der Waals surface area (Å²) in [6.45, 7) is 6.49. The van der Waals surface area contributed by atoms with Gasteiger partial charge < -0.3 is 20.7 Å². The molecular weight excluding hydrogens is 254 g/mol. The molecule has 1 aliphatic heterocycles. The second-order valence-corrected chi connectivity index (χ2v) is 5.18. The van der Waals surface area contributed by atoms with E-state index >= 15 is 0 Å². The smallest absolute Gasteiger partial charge is 0.245 e. The molecule has 1 saturated heterocycles. The largest absolute Gasteiger partial charge is 0.399 e. The number of morpholine rings is 1. The van der Waals surface area contributed by atoms with Crippen LogP contribution >= 0.6 is 0 Å². The van der Waals surface area contributed by atoms with Gasteiger partial charge in [-0.25, -0.2) is 0 Å². The molecule has 2 rings (SSSR count). The Labute approximate surface area is 120 Å². The van der Waals surface area contributed by atoms with Gasteiger partial charge in [-0.05, 0) is 37.1 Å². The standard InChI is InChI=1S/C15H23N3O2/c1-3-4-17-15(19)14-10-20-6-5-18(14)13-8-11(2)7-12(16)9-13/h7-9,14H,3-6,10,16H2,1-2H3,(H,17,19). The van der Waals surface area contributed by atoms with Gasteiger partial charge in [-0.2, -0.15) is 0 Å². The van der Waals surface area contributed by atoms with Crippen LogP contribution in [0.1, 0.15) is 18.9 Å². The summed E-state index contributed by atoms with van der Waals surface area (Å²) in [4.78, 5) is 14.3. The van der Waals surface area contributed by atoms with Crippen molar-refractivity contribution >= 4 is 17.3 Å². The maximum Gasteiger partial charge on any atom is 0.245 e. The molecule has 0 aliphatic carbocycles. The van der Waals surface area contributed by atoms with E-state index in [0.717, 1.165) is 23.4 Å². The van der Waals surface area contributed by atoms with Gasteiger partial charge in [0.15, 0.2) is 0 Å². The zero-order chi connectivity index (χ0) is 14.5. The van der Waals surface area contributed by atoms with Crippen LogP contribution < -0.4 is 16.0 Å². The highest BCUT2D eigenvalue weighted by atomic mass is 16.5. The lowest BCUT2D eigenvalue weighted by Crippen LogP contribution is -2.54. The van der Waals surface area contributed by atoms with Crippen LogP contribution in [0.2, 0.25) is 0 Å². The fourth-order valence-corrected chi connectivity index (χ4v) is 2.45. The number of hydrogen-bond donors (Lipinski definition) is 2. The van der Waals surface area contributed by atoms with Gasteiger partial charge in [-0.1, -0.05) is 6.92 Å². The van der Waals surface area contributed by atoms with Crippen LogP contribution in [0, 0.1) is 6.92 Å². The number of nitrogens with one attached hydrogen (secondary N) is 1. The topological polar surface area (TPSA) is 67.6 Å². The predicted octanol–water partition coefficient (Wildman–Crippen LogP) is 1.31. The number of aryl methyl sites for hydroxylation is 1. The lowest BCUT2D eigenvalue weighted by Gasteiger charge is -2.36. The predicted molar refractivity (Wildman–Crippen MR) is 80.8 cm³/mol. The highest BCUT2D eigenvalue weighted by Gasteiger charge is 2.29. The average Bonchev–Trinajstić information content (AvgIpc) is 2.43. The molecule has 1 aromatic carbocycles. The Morgan fingerprint density at radius 3 is 3.00 bits per heavy atom. The van der Waals surface area contributed by atoms with E-state index in [9.17, 15) is 4.79 Å². The monoisotopic (exact) mass is 277 g/mol. The second kappa shape index (κ2) is 6.61. The number of carbonyl (C=O) groups excluding carboxylic acids is 1. The van der Waals surface area contributed by atoms with Crippen LogP contribution in [-0.2, 0) is 9.53 Å². The van der Waals surface area contributed by atoms with E-state index in [4.69, 9.17) is 10.5 Å². The first-order valence-corrected chi connectivity index (χ1v) is 7.11. The molecule has 3 N–H and O–H groups in total. The number of nitrogen functional groups attached to an aromatic ring is 1. The van der Waals surface area contributed by atoms with Crippen molar-refractivity contribution in [3.05, 3.63) is 23.8 Å². The summed E-state index contributed by atoms with van der Waals surface area (Å²) in [5.41, 5.74) is 8.72.